The predicted molar refractivity (Wildman–Crippen MR) is 95.8 cm³/mol. The van der Waals surface area contributed by atoms with Crippen LogP contribution in [0.15, 0.2) is 27.9 Å². The largest absolute Gasteiger partial charge is 0.461 e. The smallest absolute Gasteiger partial charge is 0.330 e. The number of esters is 1. The molecule has 2 heterocycles. The first-order valence-corrected chi connectivity index (χ1v) is 11.4. The molecule has 2 atom stereocenters. The van der Waals surface area contributed by atoms with E-state index in [1.165, 1.54) is 17.7 Å². The highest BCUT2D eigenvalue weighted by Gasteiger charge is 2.37. The minimum absolute atomic E-state index is 0.0656. The van der Waals surface area contributed by atoms with Crippen molar-refractivity contribution in [3.63, 3.8) is 0 Å². The fourth-order valence-corrected chi connectivity index (χ4v) is 2.73. The maximum atomic E-state index is 12.1. The molecule has 1 unspecified atom stereocenters. The molecule has 0 fully saturated rings. The molecule has 1 N–H and O–H groups in total. The summed E-state index contributed by atoms with van der Waals surface area (Å²) in [5.74, 6) is 2.64. The maximum Gasteiger partial charge on any atom is 0.330 e. The number of carbonyl (C=O) groups excluding carboxylic acids is 1. The van der Waals surface area contributed by atoms with Gasteiger partial charge in [-0.2, -0.15) is 0 Å². The Kier molecular flexibility index (Phi) is 5.20. The lowest BCUT2D eigenvalue weighted by Crippen LogP contribution is -2.38. The quantitative estimate of drug-likeness (QED) is 0.376. The highest BCUT2D eigenvalue weighted by Crippen LogP contribution is 2.29. The van der Waals surface area contributed by atoms with E-state index in [0.29, 0.717) is 5.56 Å². The Morgan fingerprint density at radius 2 is 2.12 bits per heavy atom. The van der Waals surface area contributed by atoms with Crippen LogP contribution in [-0.2, 0) is 14.3 Å². The Morgan fingerprint density at radius 3 is 2.72 bits per heavy atom. The minimum Gasteiger partial charge on any atom is -0.461 e. The Bertz CT molecular complexity index is 881. The van der Waals surface area contributed by atoms with Gasteiger partial charge in [0.15, 0.2) is 11.8 Å². The zero-order valence-electron chi connectivity index (χ0n) is 15.0. The standard InChI is InChI=1S/C17H22N2O5Si/c1-12-10-19(16(22)18-15(12)21)14-6-7-17(24-14,11-23-13(2)20)8-9-25(3,4)5/h6-7,10,14H,11H2,1-5H3,(H,18,21,22)/t14?,17-/m1/s1. The highest BCUT2D eigenvalue weighted by atomic mass is 28.3. The van der Waals surface area contributed by atoms with Crippen molar-refractivity contribution in [1.29, 1.82) is 0 Å². The third-order valence-corrected chi connectivity index (χ3v) is 4.30. The van der Waals surface area contributed by atoms with Crippen LogP contribution in [-0.4, -0.2) is 35.8 Å². The molecule has 0 amide bonds. The number of nitrogens with one attached hydrogen (secondary N) is 1. The topological polar surface area (TPSA) is 90.4 Å². The molecule has 8 heteroatoms. The van der Waals surface area contributed by atoms with Gasteiger partial charge in [-0.25, -0.2) is 4.79 Å². The predicted octanol–water partition coefficient (Wildman–Crippen LogP) is 1.11. The van der Waals surface area contributed by atoms with Crippen LogP contribution in [0.1, 0.15) is 18.7 Å². The first-order valence-electron chi connectivity index (χ1n) is 7.88. The molecule has 2 rings (SSSR count). The summed E-state index contributed by atoms with van der Waals surface area (Å²) >= 11 is 0. The van der Waals surface area contributed by atoms with E-state index in [9.17, 15) is 14.4 Å². The third-order valence-electron chi connectivity index (χ3n) is 3.42. The van der Waals surface area contributed by atoms with Crippen LogP contribution in [0.25, 0.3) is 0 Å². The SMILES string of the molecule is CC(=O)OC[C@]1(C#C[Si](C)(C)C)C=CC(n2cc(C)c(=O)[nH]c2=O)O1. The van der Waals surface area contributed by atoms with Gasteiger partial charge >= 0.3 is 11.7 Å². The molecule has 1 aliphatic heterocycles. The van der Waals surface area contributed by atoms with Gasteiger partial charge in [-0.15, -0.1) is 5.54 Å². The Labute approximate surface area is 146 Å². The zero-order chi connectivity index (χ0) is 18.8. The van der Waals surface area contributed by atoms with E-state index in [0.717, 1.165) is 0 Å². The van der Waals surface area contributed by atoms with E-state index in [1.807, 2.05) is 0 Å². The van der Waals surface area contributed by atoms with Gasteiger partial charge in [-0.3, -0.25) is 19.1 Å². The fourth-order valence-electron chi connectivity index (χ4n) is 2.15. The average molecular weight is 362 g/mol. The van der Waals surface area contributed by atoms with Crippen molar-refractivity contribution in [2.75, 3.05) is 6.61 Å². The van der Waals surface area contributed by atoms with Crippen molar-refractivity contribution in [2.45, 2.75) is 45.3 Å². The van der Waals surface area contributed by atoms with Crippen molar-refractivity contribution < 1.29 is 14.3 Å². The number of hydrogen-bond donors (Lipinski definition) is 1. The molecule has 0 saturated heterocycles. The van der Waals surface area contributed by atoms with Crippen LogP contribution < -0.4 is 11.2 Å². The number of aromatic nitrogens is 2. The van der Waals surface area contributed by atoms with Crippen LogP contribution in [0.3, 0.4) is 0 Å². The van der Waals surface area contributed by atoms with Crippen molar-refractivity contribution in [2.24, 2.45) is 0 Å². The molecule has 0 radical (unpaired) electrons. The number of ether oxygens (including phenoxy) is 2. The maximum absolute atomic E-state index is 12.1. The molecule has 1 aromatic rings. The molecular weight excluding hydrogens is 340 g/mol. The second kappa shape index (κ2) is 6.86. The van der Waals surface area contributed by atoms with Gasteiger partial charge < -0.3 is 9.47 Å². The first-order chi connectivity index (χ1) is 11.5. The monoisotopic (exact) mass is 362 g/mol. The molecule has 0 saturated carbocycles. The van der Waals surface area contributed by atoms with Gasteiger partial charge in [0.2, 0.25) is 0 Å². The normalized spacial score (nSPS) is 22.4. The summed E-state index contributed by atoms with van der Waals surface area (Å²) in [5.41, 5.74) is 1.48. The summed E-state index contributed by atoms with van der Waals surface area (Å²) in [6.07, 6.45) is 4.06. The summed E-state index contributed by atoms with van der Waals surface area (Å²) in [5, 5.41) is 0. The van der Waals surface area contributed by atoms with Crippen LogP contribution in [0, 0.1) is 18.4 Å². The molecular formula is C17H22N2O5Si. The summed E-state index contributed by atoms with van der Waals surface area (Å²) in [4.78, 5) is 37.0. The molecule has 25 heavy (non-hydrogen) atoms. The van der Waals surface area contributed by atoms with Gasteiger partial charge in [-0.1, -0.05) is 25.6 Å². The lowest BCUT2D eigenvalue weighted by molar-refractivity contribution is -0.148. The summed E-state index contributed by atoms with van der Waals surface area (Å²) in [6, 6.07) is 0. The van der Waals surface area contributed by atoms with Gasteiger partial charge in [0.1, 0.15) is 14.7 Å². The number of H-pyrrole nitrogens is 1. The summed E-state index contributed by atoms with van der Waals surface area (Å²) < 4.78 is 12.3. The summed E-state index contributed by atoms with van der Waals surface area (Å²) in [6.45, 7) is 9.11. The zero-order valence-corrected chi connectivity index (χ0v) is 16.0. The second-order valence-electron chi connectivity index (χ2n) is 7.02. The molecule has 1 aromatic heterocycles. The molecule has 1 aliphatic rings. The van der Waals surface area contributed by atoms with Crippen LogP contribution >= 0.6 is 0 Å². The number of hydrogen-bond acceptors (Lipinski definition) is 5. The minimum atomic E-state index is -1.69. The fraction of sp³-hybridized carbons (Fsp3) is 0.471. The van der Waals surface area contributed by atoms with Crippen molar-refractivity contribution in [1.82, 2.24) is 9.55 Å². The van der Waals surface area contributed by atoms with Gasteiger partial charge in [0.25, 0.3) is 5.56 Å². The number of nitrogens with zero attached hydrogens (tertiary/aromatic N) is 1. The molecule has 0 aliphatic carbocycles. The second-order valence-corrected chi connectivity index (χ2v) is 11.8. The molecule has 0 aromatic carbocycles. The number of aromatic amines is 1. The number of rotatable bonds is 3. The van der Waals surface area contributed by atoms with Crippen LogP contribution in [0.4, 0.5) is 0 Å². The number of aryl methyl sites for hydroxylation is 1. The van der Waals surface area contributed by atoms with E-state index >= 15 is 0 Å². The summed E-state index contributed by atoms with van der Waals surface area (Å²) in [7, 11) is -1.69. The van der Waals surface area contributed by atoms with Crippen molar-refractivity contribution in [3.05, 3.63) is 44.8 Å². The molecule has 0 spiro atoms. The molecule has 0 bridgehead atoms. The lowest BCUT2D eigenvalue weighted by atomic mass is 10.1. The van der Waals surface area contributed by atoms with Crippen molar-refractivity contribution in [3.8, 4) is 11.5 Å². The third kappa shape index (κ3) is 4.81. The van der Waals surface area contributed by atoms with Gasteiger partial charge in [-0.05, 0) is 19.1 Å². The van der Waals surface area contributed by atoms with Gasteiger partial charge in [0, 0.05) is 18.7 Å². The first kappa shape index (κ1) is 19.0. The Balaban J connectivity index is 2.36. The van der Waals surface area contributed by atoms with E-state index in [-0.39, 0.29) is 6.61 Å². The van der Waals surface area contributed by atoms with E-state index in [4.69, 9.17) is 9.47 Å². The molecule has 7 nitrogen and oxygen atoms in total. The van der Waals surface area contributed by atoms with E-state index in [1.54, 1.807) is 19.1 Å². The van der Waals surface area contributed by atoms with Crippen molar-refractivity contribution >= 4 is 14.0 Å². The number of carbonyl (C=O) groups is 1. The van der Waals surface area contributed by atoms with E-state index in [2.05, 4.69) is 36.1 Å². The average Bonchev–Trinajstić information content (AvgIpc) is 2.91. The molecule has 134 valence electrons. The lowest BCUT2D eigenvalue weighted by Gasteiger charge is -2.24. The Hall–Kier alpha value is -2.37. The van der Waals surface area contributed by atoms with Crippen LogP contribution in [0.2, 0.25) is 19.6 Å². The van der Waals surface area contributed by atoms with E-state index < -0.39 is 37.1 Å². The highest BCUT2D eigenvalue weighted by molar-refractivity contribution is 6.83. The Morgan fingerprint density at radius 1 is 1.44 bits per heavy atom. The van der Waals surface area contributed by atoms with Crippen LogP contribution in [0.5, 0.6) is 0 Å². The van der Waals surface area contributed by atoms with Gasteiger partial charge in [0.05, 0.1) is 0 Å².